The molecule has 6 rings (SSSR count). The summed E-state index contributed by atoms with van der Waals surface area (Å²) in [6.45, 7) is 1.22. The van der Waals surface area contributed by atoms with Crippen LogP contribution in [0.4, 0.5) is 15.9 Å². The zero-order chi connectivity index (χ0) is 25.9. The maximum absolute atomic E-state index is 13.4. The summed E-state index contributed by atoms with van der Waals surface area (Å²) in [5.74, 6) is 0.355. The molecule has 0 amide bonds. The second-order valence-corrected chi connectivity index (χ2v) is 12.4. The highest BCUT2D eigenvalue weighted by molar-refractivity contribution is 7.89. The van der Waals surface area contributed by atoms with Gasteiger partial charge in [0.15, 0.2) is 5.82 Å². The lowest BCUT2D eigenvalue weighted by molar-refractivity contribution is -0.00330. The number of pyridine rings is 1. The Labute approximate surface area is 213 Å². The lowest BCUT2D eigenvalue weighted by Gasteiger charge is -2.47. The molecule has 37 heavy (non-hydrogen) atoms. The number of benzene rings is 1. The quantitative estimate of drug-likeness (QED) is 0.524. The van der Waals surface area contributed by atoms with E-state index < -0.39 is 21.7 Å². The molecule has 1 saturated carbocycles. The van der Waals surface area contributed by atoms with E-state index in [1.54, 1.807) is 37.5 Å². The number of halogens is 1. The summed E-state index contributed by atoms with van der Waals surface area (Å²) in [5, 5.41) is 18.2. The van der Waals surface area contributed by atoms with Gasteiger partial charge in [-0.05, 0) is 55.5 Å². The predicted molar refractivity (Wildman–Crippen MR) is 136 cm³/mol. The van der Waals surface area contributed by atoms with Gasteiger partial charge in [0, 0.05) is 44.6 Å². The third-order valence-corrected chi connectivity index (χ3v) is 10.0. The van der Waals surface area contributed by atoms with E-state index in [4.69, 9.17) is 5.10 Å². The Morgan fingerprint density at radius 1 is 1.27 bits per heavy atom. The standard InChI is InChI=1S/C25H28FN7O3S/c1-31-13-16-12-18(2-3-21(16)37(31,35)36)29-23-22-20(6-11-28-24(22)34)33(30-23)25(9-10-27)7-4-19(5-8-25)32-14-17(26)15-32/h2-3,6,11-12,17,19H,4-5,7-9,13-15H2,1H3,(H,28,34)(H,29,30). The SMILES string of the molecule is CN1Cc2cc(Nc3nn(C4(CC#N)CCC(N5CC(F)C5)CC4)c4cc[nH]c(=O)c34)ccc2S1(=O)=O. The van der Waals surface area contributed by atoms with Crippen LogP contribution in [0.25, 0.3) is 10.9 Å². The van der Waals surface area contributed by atoms with Crippen molar-refractivity contribution < 1.29 is 12.8 Å². The van der Waals surface area contributed by atoms with Crippen molar-refractivity contribution >= 4 is 32.4 Å². The van der Waals surface area contributed by atoms with Crippen molar-refractivity contribution in [3.63, 3.8) is 0 Å². The number of alkyl halides is 1. The second-order valence-electron chi connectivity index (χ2n) is 10.4. The van der Waals surface area contributed by atoms with Gasteiger partial charge >= 0.3 is 0 Å². The highest BCUT2D eigenvalue weighted by Crippen LogP contribution is 2.42. The highest BCUT2D eigenvalue weighted by Gasteiger charge is 2.43. The van der Waals surface area contributed by atoms with Crippen molar-refractivity contribution in [1.82, 2.24) is 24.0 Å². The molecule has 194 valence electrons. The molecule has 3 aliphatic rings. The summed E-state index contributed by atoms with van der Waals surface area (Å²) in [6, 6.07) is 9.42. The number of fused-ring (bicyclic) bond motifs is 2. The fraction of sp³-hybridized carbons (Fsp3) is 0.480. The first-order valence-corrected chi connectivity index (χ1v) is 13.9. The van der Waals surface area contributed by atoms with E-state index in [0.29, 0.717) is 59.9 Å². The number of hydrogen-bond acceptors (Lipinski definition) is 7. The van der Waals surface area contributed by atoms with Crippen LogP contribution in [0.1, 0.15) is 37.7 Å². The Morgan fingerprint density at radius 3 is 2.73 bits per heavy atom. The van der Waals surface area contributed by atoms with Gasteiger partial charge in [-0.15, -0.1) is 0 Å². The molecule has 2 aromatic heterocycles. The smallest absolute Gasteiger partial charge is 0.261 e. The number of nitriles is 1. The van der Waals surface area contributed by atoms with Crippen LogP contribution in [-0.4, -0.2) is 64.7 Å². The topological polar surface area (TPSA) is 127 Å². The Kier molecular flexibility index (Phi) is 5.63. The van der Waals surface area contributed by atoms with Crippen LogP contribution in [0, 0.1) is 11.3 Å². The number of rotatable bonds is 5. The molecule has 4 heterocycles. The van der Waals surface area contributed by atoms with Crippen molar-refractivity contribution in [2.75, 3.05) is 25.5 Å². The van der Waals surface area contributed by atoms with E-state index in [-0.39, 0.29) is 23.4 Å². The van der Waals surface area contributed by atoms with Gasteiger partial charge in [0.2, 0.25) is 10.0 Å². The number of aromatic amines is 1. The number of aromatic nitrogens is 3. The lowest BCUT2D eigenvalue weighted by Crippen LogP contribution is -2.55. The molecule has 0 atom stereocenters. The fourth-order valence-electron chi connectivity index (χ4n) is 6.06. The summed E-state index contributed by atoms with van der Waals surface area (Å²) in [7, 11) is -1.94. The first-order valence-electron chi connectivity index (χ1n) is 12.4. The Balaban J connectivity index is 1.36. The first kappa shape index (κ1) is 24.1. The molecule has 10 nitrogen and oxygen atoms in total. The van der Waals surface area contributed by atoms with Gasteiger partial charge in [0.05, 0.1) is 28.4 Å². The number of anilines is 2. The summed E-state index contributed by atoms with van der Waals surface area (Å²) >= 11 is 0. The van der Waals surface area contributed by atoms with E-state index in [2.05, 4.69) is 21.3 Å². The van der Waals surface area contributed by atoms with Gasteiger partial charge in [-0.25, -0.2) is 12.8 Å². The van der Waals surface area contributed by atoms with E-state index >= 15 is 0 Å². The molecule has 1 aromatic carbocycles. The third-order valence-electron chi connectivity index (χ3n) is 8.13. The minimum atomic E-state index is -3.48. The zero-order valence-corrected chi connectivity index (χ0v) is 21.3. The number of nitrogens with one attached hydrogen (secondary N) is 2. The monoisotopic (exact) mass is 525 g/mol. The van der Waals surface area contributed by atoms with Crippen LogP contribution >= 0.6 is 0 Å². The third kappa shape index (κ3) is 3.84. The molecule has 1 saturated heterocycles. The summed E-state index contributed by atoms with van der Waals surface area (Å²) in [4.78, 5) is 18.1. The van der Waals surface area contributed by atoms with Gasteiger partial charge in [0.25, 0.3) is 5.56 Å². The number of nitrogens with zero attached hydrogens (tertiary/aromatic N) is 5. The zero-order valence-electron chi connectivity index (χ0n) is 20.4. The van der Waals surface area contributed by atoms with Crippen molar-refractivity contribution in [3.8, 4) is 6.07 Å². The molecular weight excluding hydrogens is 497 g/mol. The van der Waals surface area contributed by atoms with Crippen molar-refractivity contribution in [1.29, 1.82) is 5.26 Å². The molecule has 2 aliphatic heterocycles. The number of sulfonamides is 1. The molecule has 0 spiro atoms. The largest absolute Gasteiger partial charge is 0.338 e. The maximum Gasteiger partial charge on any atom is 0.261 e. The first-order chi connectivity index (χ1) is 17.7. The predicted octanol–water partition coefficient (Wildman–Crippen LogP) is 2.81. The van der Waals surface area contributed by atoms with Gasteiger partial charge in [-0.3, -0.25) is 14.4 Å². The van der Waals surface area contributed by atoms with Crippen LogP contribution in [0.2, 0.25) is 0 Å². The van der Waals surface area contributed by atoms with Crippen molar-refractivity contribution in [2.24, 2.45) is 0 Å². The molecule has 12 heteroatoms. The van der Waals surface area contributed by atoms with Crippen molar-refractivity contribution in [2.45, 2.75) is 61.3 Å². The Hall–Kier alpha value is -3.27. The van der Waals surface area contributed by atoms with Crippen LogP contribution in [0.15, 0.2) is 40.2 Å². The molecule has 1 aliphatic carbocycles. The number of likely N-dealkylation sites (tertiary alicyclic amines) is 1. The molecular formula is C25H28FN7O3S. The normalized spacial score (nSPS) is 26.0. The maximum atomic E-state index is 13.4. The van der Waals surface area contributed by atoms with Crippen LogP contribution in [0.5, 0.6) is 0 Å². The molecule has 0 radical (unpaired) electrons. The van der Waals surface area contributed by atoms with Gasteiger partial charge in [-0.2, -0.15) is 14.7 Å². The number of hydrogen-bond donors (Lipinski definition) is 2. The van der Waals surface area contributed by atoms with Crippen molar-refractivity contribution in [3.05, 3.63) is 46.4 Å². The minimum absolute atomic E-state index is 0.248. The van der Waals surface area contributed by atoms with Gasteiger partial charge in [-0.1, -0.05) is 0 Å². The second kappa shape index (κ2) is 8.65. The lowest BCUT2D eigenvalue weighted by atomic mass is 9.76. The van der Waals surface area contributed by atoms with Gasteiger partial charge < -0.3 is 10.3 Å². The Morgan fingerprint density at radius 2 is 2.03 bits per heavy atom. The van der Waals surface area contributed by atoms with Crippen LogP contribution in [-0.2, 0) is 22.1 Å². The summed E-state index contributed by atoms with van der Waals surface area (Å²) in [6.07, 6.45) is 4.13. The fourth-order valence-corrected chi connectivity index (χ4v) is 7.40. The van der Waals surface area contributed by atoms with E-state index in [1.807, 2.05) is 4.68 Å². The van der Waals surface area contributed by atoms with Gasteiger partial charge in [0.1, 0.15) is 11.6 Å². The van der Waals surface area contributed by atoms with Crippen LogP contribution < -0.4 is 10.9 Å². The van der Waals surface area contributed by atoms with E-state index in [9.17, 15) is 22.9 Å². The molecule has 0 bridgehead atoms. The molecule has 0 unspecified atom stereocenters. The van der Waals surface area contributed by atoms with E-state index in [1.165, 1.54) is 4.31 Å². The van der Waals surface area contributed by atoms with E-state index in [0.717, 1.165) is 12.8 Å². The highest BCUT2D eigenvalue weighted by atomic mass is 32.2. The summed E-state index contributed by atoms with van der Waals surface area (Å²) in [5.41, 5.74) is 1.05. The summed E-state index contributed by atoms with van der Waals surface area (Å²) < 4.78 is 41.4. The molecule has 2 fully saturated rings. The molecule has 2 N–H and O–H groups in total. The van der Waals surface area contributed by atoms with Crippen LogP contribution in [0.3, 0.4) is 0 Å². The minimum Gasteiger partial charge on any atom is -0.338 e. The molecule has 3 aromatic rings. The average molecular weight is 526 g/mol. The Bertz CT molecular complexity index is 1580. The average Bonchev–Trinajstić information content (AvgIpc) is 3.33. The number of H-pyrrole nitrogens is 1.